The van der Waals surface area contributed by atoms with Gasteiger partial charge < -0.3 is 34.7 Å². The zero-order valence-electron chi connectivity index (χ0n) is 30.4. The number of aliphatic hydroxyl groups is 3. The van der Waals surface area contributed by atoms with E-state index < -0.39 is 49.5 Å². The summed E-state index contributed by atoms with van der Waals surface area (Å²) < 4.78 is 11.7. The van der Waals surface area contributed by atoms with Crippen LogP contribution in [0.4, 0.5) is 0 Å². The molecule has 5 atom stereocenters. The second kappa shape index (κ2) is 32.5. The maximum absolute atomic E-state index is 11.2. The molecule has 268 valence electrons. The van der Waals surface area contributed by atoms with E-state index in [-0.39, 0.29) is 29.6 Å². The van der Waals surface area contributed by atoms with Crippen LogP contribution in [0.3, 0.4) is 0 Å². The summed E-state index contributed by atoms with van der Waals surface area (Å²) >= 11 is 0. The van der Waals surface area contributed by atoms with Crippen LogP contribution in [-0.2, 0) is 14.3 Å². The average molecular weight is 665 g/mol. The fourth-order valence-electron chi connectivity index (χ4n) is 6.83. The van der Waals surface area contributed by atoms with Crippen LogP contribution in [0.5, 0.6) is 0 Å². The molecule has 3 N–H and O–H groups in total. The molecular formula is C38H73NaO7. The molecule has 0 aromatic carbocycles. The summed E-state index contributed by atoms with van der Waals surface area (Å²) in [5, 5.41) is 42.1. The molecule has 1 rings (SSSR count). The van der Waals surface area contributed by atoms with E-state index in [4.69, 9.17) is 9.47 Å². The van der Waals surface area contributed by atoms with Crippen molar-refractivity contribution in [2.75, 3.05) is 13.2 Å². The number of unbranched alkanes of at least 4 members (excludes halogenated alkanes) is 22. The second-order valence-corrected chi connectivity index (χ2v) is 14.0. The van der Waals surface area contributed by atoms with Crippen molar-refractivity contribution in [2.45, 2.75) is 212 Å². The number of hydrogen-bond acceptors (Lipinski definition) is 7. The van der Waals surface area contributed by atoms with E-state index in [9.17, 15) is 25.2 Å². The summed E-state index contributed by atoms with van der Waals surface area (Å²) in [5.74, 6) is -2.02. The molecule has 0 bridgehead atoms. The Morgan fingerprint density at radius 1 is 0.652 bits per heavy atom. The molecular weight excluding hydrogens is 591 g/mol. The number of aliphatic hydroxyl groups excluding tert-OH is 3. The fraction of sp³-hybridized carbons (Fsp3) is 0.974. The Morgan fingerprint density at radius 2 is 1.02 bits per heavy atom. The molecule has 1 saturated heterocycles. The van der Waals surface area contributed by atoms with Crippen molar-refractivity contribution in [3.63, 3.8) is 0 Å². The van der Waals surface area contributed by atoms with Crippen LogP contribution in [0.15, 0.2) is 0 Å². The van der Waals surface area contributed by atoms with Crippen molar-refractivity contribution in [1.82, 2.24) is 0 Å². The van der Waals surface area contributed by atoms with E-state index in [1.165, 1.54) is 141 Å². The molecule has 0 aromatic rings. The zero-order valence-corrected chi connectivity index (χ0v) is 32.4. The van der Waals surface area contributed by atoms with Crippen molar-refractivity contribution in [2.24, 2.45) is 11.8 Å². The number of carboxylic acid groups (broad SMARTS) is 1. The first kappa shape index (κ1) is 46.3. The van der Waals surface area contributed by atoms with Gasteiger partial charge in [0.15, 0.2) is 6.29 Å². The van der Waals surface area contributed by atoms with Gasteiger partial charge in [0.2, 0.25) is 0 Å². The molecule has 1 fully saturated rings. The third-order valence-electron chi connectivity index (χ3n) is 9.86. The van der Waals surface area contributed by atoms with Gasteiger partial charge >= 0.3 is 29.6 Å². The van der Waals surface area contributed by atoms with Crippen molar-refractivity contribution < 1.29 is 64.3 Å². The van der Waals surface area contributed by atoms with Gasteiger partial charge in [0.05, 0.1) is 19.3 Å². The van der Waals surface area contributed by atoms with E-state index in [2.05, 4.69) is 13.8 Å². The minimum absolute atomic E-state index is 0. The van der Waals surface area contributed by atoms with Crippen LogP contribution in [0.1, 0.15) is 187 Å². The molecule has 46 heavy (non-hydrogen) atoms. The van der Waals surface area contributed by atoms with Gasteiger partial charge in [-0.05, 0) is 25.2 Å². The minimum atomic E-state index is -1.35. The van der Waals surface area contributed by atoms with Crippen molar-refractivity contribution >= 4 is 5.97 Å². The molecule has 0 amide bonds. The Labute approximate surface area is 305 Å². The van der Waals surface area contributed by atoms with Gasteiger partial charge in [-0.15, -0.1) is 0 Å². The summed E-state index contributed by atoms with van der Waals surface area (Å²) in [5.41, 5.74) is 0. The first-order valence-electron chi connectivity index (χ1n) is 19.4. The summed E-state index contributed by atoms with van der Waals surface area (Å²) in [6, 6.07) is 0. The Hall–Kier alpha value is 0.270. The van der Waals surface area contributed by atoms with Crippen LogP contribution in [0.25, 0.3) is 0 Å². The summed E-state index contributed by atoms with van der Waals surface area (Å²) in [6.07, 6.45) is 28.7. The normalized spacial score (nSPS) is 21.5. The standard InChI is InChI=1S/C38H74O7.Na/c1-3-5-7-9-11-13-15-17-19-21-23-25-27-32(28-26-24-22-20-18-16-14-12-10-8-6-4-2)31-44-38-37(43)33(29-35(40)41)36(42)34(30-39)45-38;/h32-34,36-39,42-43H,3-31H2,1-2H3,(H,40,41);/q;+1/p-1/t33-,34+,36+,37+,38+;/m0./s1. The number of carbonyl (C=O) groups is 1. The number of carbonyl (C=O) groups excluding carboxylic acids is 1. The molecule has 7 nitrogen and oxygen atoms in total. The van der Waals surface area contributed by atoms with Gasteiger partial charge in [-0.25, -0.2) is 0 Å². The Morgan fingerprint density at radius 3 is 1.37 bits per heavy atom. The van der Waals surface area contributed by atoms with Gasteiger partial charge in [-0.2, -0.15) is 0 Å². The van der Waals surface area contributed by atoms with E-state index in [1.54, 1.807) is 0 Å². The average Bonchev–Trinajstić information content (AvgIpc) is 3.03. The molecule has 0 spiro atoms. The van der Waals surface area contributed by atoms with Crippen LogP contribution in [-0.4, -0.2) is 59.1 Å². The SMILES string of the molecule is CCCCCCCCCCCCCCC(CCCCCCCCCCCCCC)CO[C@@H]1O[C@H](CO)[C@H](O)[C@H](CC(=O)[O-])[C@H]1O.[Na+]. The van der Waals surface area contributed by atoms with Crippen LogP contribution < -0.4 is 34.7 Å². The van der Waals surface area contributed by atoms with Gasteiger partial charge in [0.1, 0.15) is 12.2 Å². The predicted molar refractivity (Wildman–Crippen MR) is 182 cm³/mol. The smallest absolute Gasteiger partial charge is 0.550 e. The maximum Gasteiger partial charge on any atom is 1.00 e. The van der Waals surface area contributed by atoms with Crippen molar-refractivity contribution in [3.8, 4) is 0 Å². The number of rotatable bonds is 32. The van der Waals surface area contributed by atoms with Crippen molar-refractivity contribution in [3.05, 3.63) is 0 Å². The fourth-order valence-corrected chi connectivity index (χ4v) is 6.83. The quantitative estimate of drug-likeness (QED) is 0.0684. The number of hydrogen-bond donors (Lipinski definition) is 3. The second-order valence-electron chi connectivity index (χ2n) is 14.0. The van der Waals surface area contributed by atoms with Gasteiger partial charge in [0.25, 0.3) is 0 Å². The molecule has 0 saturated carbocycles. The van der Waals surface area contributed by atoms with Crippen LogP contribution in [0, 0.1) is 11.8 Å². The van der Waals surface area contributed by atoms with Crippen LogP contribution >= 0.6 is 0 Å². The minimum Gasteiger partial charge on any atom is -0.550 e. The Balaban J connectivity index is 0.0000202. The van der Waals surface area contributed by atoms with E-state index >= 15 is 0 Å². The van der Waals surface area contributed by atoms with Crippen molar-refractivity contribution in [1.29, 1.82) is 0 Å². The topological polar surface area (TPSA) is 119 Å². The molecule has 1 aliphatic rings. The van der Waals surface area contributed by atoms with Gasteiger partial charge in [0, 0.05) is 11.9 Å². The Bertz CT molecular complexity index is 639. The van der Waals surface area contributed by atoms with E-state index in [0.717, 1.165) is 25.7 Å². The maximum atomic E-state index is 11.2. The van der Waals surface area contributed by atoms with Gasteiger partial charge in [-0.1, -0.05) is 168 Å². The summed E-state index contributed by atoms with van der Waals surface area (Å²) in [4.78, 5) is 11.2. The van der Waals surface area contributed by atoms with Crippen LogP contribution in [0.2, 0.25) is 0 Å². The van der Waals surface area contributed by atoms with Gasteiger partial charge in [-0.3, -0.25) is 0 Å². The molecule has 8 heteroatoms. The largest absolute Gasteiger partial charge is 1.00 e. The molecule has 0 unspecified atom stereocenters. The monoisotopic (exact) mass is 665 g/mol. The Kier molecular flexibility index (Phi) is 32.7. The molecule has 1 aliphatic heterocycles. The van der Waals surface area contributed by atoms with E-state index in [0.29, 0.717) is 12.5 Å². The predicted octanol–water partition coefficient (Wildman–Crippen LogP) is 5.00. The number of carboxylic acids is 1. The first-order valence-corrected chi connectivity index (χ1v) is 19.4. The molecule has 0 aromatic heterocycles. The molecule has 0 radical (unpaired) electrons. The third kappa shape index (κ3) is 23.6. The number of ether oxygens (including phenoxy) is 2. The molecule has 0 aliphatic carbocycles. The number of aliphatic carboxylic acids is 1. The molecule has 1 heterocycles. The third-order valence-corrected chi connectivity index (χ3v) is 9.86. The summed E-state index contributed by atoms with van der Waals surface area (Å²) in [6.45, 7) is 4.48. The zero-order chi connectivity index (χ0) is 33.0. The van der Waals surface area contributed by atoms with E-state index in [1.807, 2.05) is 0 Å². The summed E-state index contributed by atoms with van der Waals surface area (Å²) in [7, 11) is 0. The first-order chi connectivity index (χ1) is 21.9.